The molecule has 1 aliphatic rings. The van der Waals surface area contributed by atoms with Crippen LogP contribution in [-0.2, 0) is 6.18 Å². The van der Waals surface area contributed by atoms with E-state index in [4.69, 9.17) is 4.42 Å². The molecule has 0 atom stereocenters. The highest BCUT2D eigenvalue weighted by Crippen LogP contribution is 2.32. The van der Waals surface area contributed by atoms with Crippen LogP contribution in [0.3, 0.4) is 0 Å². The van der Waals surface area contributed by atoms with Gasteiger partial charge in [-0.05, 0) is 36.4 Å². The molecule has 37 heavy (non-hydrogen) atoms. The van der Waals surface area contributed by atoms with Crippen molar-refractivity contribution in [3.05, 3.63) is 94.4 Å². The zero-order chi connectivity index (χ0) is 26.2. The first kappa shape index (κ1) is 24.1. The number of carbonyl (C=O) groups is 1. The Hall–Kier alpha value is -4.61. The Labute approximate surface area is 208 Å². The fourth-order valence-corrected chi connectivity index (χ4v) is 4.22. The number of non-ortho nitro benzene ring substituents is 1. The molecule has 0 bridgehead atoms. The van der Waals surface area contributed by atoms with Gasteiger partial charge in [0, 0.05) is 50.1 Å². The number of anilines is 1. The largest absolute Gasteiger partial charge is 0.463 e. The normalized spacial score (nSPS) is 14.1. The molecule has 1 saturated heterocycles. The van der Waals surface area contributed by atoms with Gasteiger partial charge in [0.25, 0.3) is 11.6 Å². The Morgan fingerprint density at radius 2 is 1.68 bits per heavy atom. The second-order valence-electron chi connectivity index (χ2n) is 8.41. The number of nitrogens with zero attached hydrogens (tertiary/aromatic N) is 5. The smallest absolute Gasteiger partial charge is 0.416 e. The van der Waals surface area contributed by atoms with Gasteiger partial charge in [0.2, 0.25) is 0 Å². The first-order chi connectivity index (χ1) is 17.7. The van der Waals surface area contributed by atoms with Crippen LogP contribution in [-0.4, -0.2) is 51.7 Å². The number of carbonyl (C=O) groups excluding carboxylic acids is 1. The van der Waals surface area contributed by atoms with Crippen molar-refractivity contribution in [2.75, 3.05) is 31.1 Å². The van der Waals surface area contributed by atoms with Crippen LogP contribution in [0.25, 0.3) is 17.1 Å². The van der Waals surface area contributed by atoms with E-state index in [9.17, 15) is 28.1 Å². The average molecular weight is 511 g/mol. The standard InChI is InChI=1S/C25H20F3N5O4/c26-25(27,28)17-4-1-5-18(14-17)30-9-11-31(12-10-30)24(34)22-16-21(23-8-3-13-37-23)29-32(22)19-6-2-7-20(15-19)33(35)36/h1-8,13-16H,9-12H2. The lowest BCUT2D eigenvalue weighted by molar-refractivity contribution is -0.384. The molecule has 0 spiro atoms. The van der Waals surface area contributed by atoms with Crippen molar-refractivity contribution in [3.8, 4) is 17.1 Å². The van der Waals surface area contributed by atoms with Crippen LogP contribution in [0, 0.1) is 10.1 Å². The molecule has 1 amide bonds. The molecular formula is C25H20F3N5O4. The summed E-state index contributed by atoms with van der Waals surface area (Å²) >= 11 is 0. The molecule has 0 radical (unpaired) electrons. The number of furan rings is 1. The van der Waals surface area contributed by atoms with Crippen molar-refractivity contribution in [2.24, 2.45) is 0 Å². The Balaban J connectivity index is 1.41. The van der Waals surface area contributed by atoms with Crippen LogP contribution in [0.4, 0.5) is 24.5 Å². The average Bonchev–Trinajstić information content (AvgIpc) is 3.59. The van der Waals surface area contributed by atoms with Crippen LogP contribution in [0.2, 0.25) is 0 Å². The van der Waals surface area contributed by atoms with E-state index >= 15 is 0 Å². The number of aromatic nitrogens is 2. The first-order valence-corrected chi connectivity index (χ1v) is 11.3. The highest BCUT2D eigenvalue weighted by Gasteiger charge is 2.32. The van der Waals surface area contributed by atoms with Crippen molar-refractivity contribution in [2.45, 2.75) is 6.18 Å². The summed E-state index contributed by atoms with van der Waals surface area (Å²) in [6.45, 7) is 1.21. The topological polar surface area (TPSA) is 97.6 Å². The summed E-state index contributed by atoms with van der Waals surface area (Å²) < 4.78 is 46.1. The molecule has 2 aromatic heterocycles. The van der Waals surface area contributed by atoms with E-state index in [0.29, 0.717) is 35.9 Å². The lowest BCUT2D eigenvalue weighted by Gasteiger charge is -2.36. The molecule has 2 aromatic carbocycles. The van der Waals surface area contributed by atoms with Gasteiger partial charge >= 0.3 is 6.18 Å². The van der Waals surface area contributed by atoms with Gasteiger partial charge in [0.1, 0.15) is 11.4 Å². The van der Waals surface area contributed by atoms with Gasteiger partial charge in [-0.25, -0.2) is 4.68 Å². The maximum atomic E-state index is 13.6. The highest BCUT2D eigenvalue weighted by atomic mass is 19.4. The number of benzene rings is 2. The molecular weight excluding hydrogens is 491 g/mol. The number of alkyl halides is 3. The number of nitro benzene ring substituents is 1. The van der Waals surface area contributed by atoms with Crippen LogP contribution < -0.4 is 4.90 Å². The third kappa shape index (κ3) is 4.90. The number of nitro groups is 1. The van der Waals surface area contributed by atoms with Gasteiger partial charge in [0.05, 0.1) is 22.4 Å². The SMILES string of the molecule is O=C(c1cc(-c2ccco2)nn1-c1cccc([N+](=O)[O-])c1)N1CCN(c2cccc(C(F)(F)F)c2)CC1. The van der Waals surface area contributed by atoms with Crippen LogP contribution >= 0.6 is 0 Å². The summed E-state index contributed by atoms with van der Waals surface area (Å²) in [6.07, 6.45) is -2.97. The van der Waals surface area contributed by atoms with E-state index in [0.717, 1.165) is 12.1 Å². The lowest BCUT2D eigenvalue weighted by Crippen LogP contribution is -2.49. The summed E-state index contributed by atoms with van der Waals surface area (Å²) in [4.78, 5) is 27.7. The van der Waals surface area contributed by atoms with Gasteiger partial charge < -0.3 is 14.2 Å². The fourth-order valence-electron chi connectivity index (χ4n) is 4.22. The van der Waals surface area contributed by atoms with E-state index < -0.39 is 16.7 Å². The number of halogens is 3. The molecule has 1 aliphatic heterocycles. The minimum absolute atomic E-state index is 0.152. The van der Waals surface area contributed by atoms with Gasteiger partial charge in [0.15, 0.2) is 5.76 Å². The summed E-state index contributed by atoms with van der Waals surface area (Å²) in [5.41, 5.74) is 0.443. The zero-order valence-electron chi connectivity index (χ0n) is 19.3. The molecule has 4 aromatic rings. The third-order valence-electron chi connectivity index (χ3n) is 6.09. The summed E-state index contributed by atoms with van der Waals surface area (Å²) in [5, 5.41) is 15.8. The molecule has 5 rings (SSSR count). The van der Waals surface area contributed by atoms with Gasteiger partial charge in [-0.15, -0.1) is 0 Å². The highest BCUT2D eigenvalue weighted by molar-refractivity contribution is 5.94. The number of amides is 1. The van der Waals surface area contributed by atoms with E-state index in [1.165, 1.54) is 35.2 Å². The number of hydrogen-bond donors (Lipinski definition) is 0. The molecule has 9 nitrogen and oxygen atoms in total. The third-order valence-corrected chi connectivity index (χ3v) is 6.09. The van der Waals surface area contributed by atoms with Crippen LogP contribution in [0.5, 0.6) is 0 Å². The Morgan fingerprint density at radius 3 is 2.35 bits per heavy atom. The van der Waals surface area contributed by atoms with Crippen molar-refractivity contribution in [3.63, 3.8) is 0 Å². The van der Waals surface area contributed by atoms with Crippen molar-refractivity contribution in [1.29, 1.82) is 0 Å². The minimum Gasteiger partial charge on any atom is -0.463 e. The number of hydrogen-bond acceptors (Lipinski definition) is 6. The van der Waals surface area contributed by atoms with E-state index in [1.807, 2.05) is 0 Å². The Bertz CT molecular complexity index is 1440. The predicted octanol–water partition coefficient (Wildman–Crippen LogP) is 5.02. The maximum absolute atomic E-state index is 13.6. The minimum atomic E-state index is -4.44. The molecule has 0 N–H and O–H groups in total. The Kier molecular flexibility index (Phi) is 6.15. The van der Waals surface area contributed by atoms with Crippen molar-refractivity contribution >= 4 is 17.3 Å². The molecule has 1 fully saturated rings. The lowest BCUT2D eigenvalue weighted by atomic mass is 10.1. The van der Waals surface area contributed by atoms with E-state index in [-0.39, 0.29) is 30.4 Å². The number of piperazine rings is 1. The summed E-state index contributed by atoms with van der Waals surface area (Å²) in [7, 11) is 0. The molecule has 12 heteroatoms. The quantitative estimate of drug-likeness (QED) is 0.276. The van der Waals surface area contributed by atoms with Crippen LogP contribution in [0.1, 0.15) is 16.1 Å². The second-order valence-corrected chi connectivity index (χ2v) is 8.41. The van der Waals surface area contributed by atoms with Gasteiger partial charge in [-0.3, -0.25) is 14.9 Å². The number of rotatable bonds is 5. The molecule has 190 valence electrons. The monoisotopic (exact) mass is 511 g/mol. The predicted molar refractivity (Wildman–Crippen MR) is 127 cm³/mol. The fraction of sp³-hybridized carbons (Fsp3) is 0.200. The zero-order valence-corrected chi connectivity index (χ0v) is 19.3. The first-order valence-electron chi connectivity index (χ1n) is 11.3. The van der Waals surface area contributed by atoms with E-state index in [1.54, 1.807) is 40.1 Å². The Morgan fingerprint density at radius 1 is 0.946 bits per heavy atom. The second kappa shape index (κ2) is 9.45. The van der Waals surface area contributed by atoms with Gasteiger partial charge in [-0.1, -0.05) is 12.1 Å². The van der Waals surface area contributed by atoms with Crippen molar-refractivity contribution in [1.82, 2.24) is 14.7 Å². The summed E-state index contributed by atoms with van der Waals surface area (Å²) in [5.74, 6) is 0.0631. The summed E-state index contributed by atoms with van der Waals surface area (Å²) in [6, 6.07) is 15.8. The maximum Gasteiger partial charge on any atom is 0.416 e. The molecule has 0 unspecified atom stereocenters. The van der Waals surface area contributed by atoms with Gasteiger partial charge in [-0.2, -0.15) is 18.3 Å². The van der Waals surface area contributed by atoms with E-state index in [2.05, 4.69) is 5.10 Å². The molecule has 0 saturated carbocycles. The molecule has 0 aliphatic carbocycles. The molecule has 3 heterocycles. The van der Waals surface area contributed by atoms with Crippen LogP contribution in [0.15, 0.2) is 77.4 Å². The van der Waals surface area contributed by atoms with Crippen molar-refractivity contribution < 1.29 is 27.3 Å².